The molecular formula is C9H18N2O4S. The van der Waals surface area contributed by atoms with Gasteiger partial charge in [0, 0.05) is 20.1 Å². The Labute approximate surface area is 95.9 Å². The van der Waals surface area contributed by atoms with Crippen molar-refractivity contribution in [3.63, 3.8) is 0 Å². The van der Waals surface area contributed by atoms with Gasteiger partial charge < -0.3 is 10.0 Å². The average Bonchev–Trinajstić information content (AvgIpc) is 2.16. The number of likely N-dealkylation sites (tertiary alicyclic amines) is 1. The second-order valence-corrected chi connectivity index (χ2v) is 6.38. The fraction of sp³-hybridized carbons (Fsp3) is 0.889. The third-order valence-corrected chi connectivity index (χ3v) is 4.66. The molecule has 0 aliphatic carbocycles. The number of hydrogen-bond donors (Lipinski definition) is 1. The topological polar surface area (TPSA) is 77.9 Å². The van der Waals surface area contributed by atoms with Crippen LogP contribution in [0.1, 0.15) is 12.8 Å². The fourth-order valence-electron chi connectivity index (χ4n) is 1.97. The third kappa shape index (κ3) is 2.36. The zero-order chi connectivity index (χ0) is 12.6. The molecule has 7 heteroatoms. The highest BCUT2D eigenvalue weighted by atomic mass is 32.2. The standard InChI is InChI=1S/C9H18N2O4S/c1-10-6-4-9(5-7-10,8(12)13)11(2)16(3,14)15/h4-7H2,1-3H3,(H,12,13). The van der Waals surface area contributed by atoms with E-state index >= 15 is 0 Å². The first-order chi connectivity index (χ1) is 7.20. The summed E-state index contributed by atoms with van der Waals surface area (Å²) in [4.78, 5) is 13.3. The summed E-state index contributed by atoms with van der Waals surface area (Å²) >= 11 is 0. The van der Waals surface area contributed by atoms with E-state index in [-0.39, 0.29) is 0 Å². The Morgan fingerprint density at radius 3 is 2.12 bits per heavy atom. The van der Waals surface area contributed by atoms with Crippen molar-refractivity contribution in [1.29, 1.82) is 0 Å². The van der Waals surface area contributed by atoms with Crippen LogP contribution in [0.25, 0.3) is 0 Å². The second kappa shape index (κ2) is 4.31. The molecule has 0 bridgehead atoms. The van der Waals surface area contributed by atoms with Gasteiger partial charge in [0.1, 0.15) is 5.54 Å². The van der Waals surface area contributed by atoms with E-state index in [1.165, 1.54) is 7.05 Å². The minimum atomic E-state index is -3.49. The van der Waals surface area contributed by atoms with Gasteiger partial charge in [0.15, 0.2) is 0 Å². The number of carboxylic acid groups (broad SMARTS) is 1. The van der Waals surface area contributed by atoms with Crippen molar-refractivity contribution >= 4 is 16.0 Å². The van der Waals surface area contributed by atoms with Crippen LogP contribution in [-0.2, 0) is 14.8 Å². The van der Waals surface area contributed by atoms with Crippen LogP contribution in [0.15, 0.2) is 0 Å². The second-order valence-electron chi connectivity index (χ2n) is 4.37. The molecule has 0 aromatic rings. The number of rotatable bonds is 3. The van der Waals surface area contributed by atoms with Gasteiger partial charge >= 0.3 is 5.97 Å². The molecular weight excluding hydrogens is 232 g/mol. The Hall–Kier alpha value is -0.660. The Morgan fingerprint density at radius 2 is 1.81 bits per heavy atom. The quantitative estimate of drug-likeness (QED) is 0.725. The molecule has 0 aromatic heterocycles. The SMILES string of the molecule is CN1CCC(C(=O)O)(N(C)S(C)(=O)=O)CC1. The minimum Gasteiger partial charge on any atom is -0.480 e. The molecule has 1 fully saturated rings. The number of carboxylic acids is 1. The number of sulfonamides is 1. The lowest BCUT2D eigenvalue weighted by molar-refractivity contribution is -0.150. The van der Waals surface area contributed by atoms with Gasteiger partial charge in [0.2, 0.25) is 10.0 Å². The van der Waals surface area contributed by atoms with Gasteiger partial charge in [0.05, 0.1) is 6.26 Å². The number of likely N-dealkylation sites (N-methyl/N-ethyl adjacent to an activating group) is 1. The van der Waals surface area contributed by atoms with Crippen LogP contribution >= 0.6 is 0 Å². The highest BCUT2D eigenvalue weighted by Crippen LogP contribution is 2.29. The van der Waals surface area contributed by atoms with Crippen molar-refractivity contribution in [2.45, 2.75) is 18.4 Å². The first-order valence-electron chi connectivity index (χ1n) is 5.06. The molecule has 1 aliphatic heterocycles. The van der Waals surface area contributed by atoms with Crippen molar-refractivity contribution in [1.82, 2.24) is 9.21 Å². The molecule has 1 aliphatic rings. The van der Waals surface area contributed by atoms with Crippen LogP contribution in [0.4, 0.5) is 0 Å². The minimum absolute atomic E-state index is 0.322. The van der Waals surface area contributed by atoms with Gasteiger partial charge in [-0.2, -0.15) is 4.31 Å². The first-order valence-corrected chi connectivity index (χ1v) is 6.91. The summed E-state index contributed by atoms with van der Waals surface area (Å²) in [5.41, 5.74) is -1.28. The molecule has 0 saturated carbocycles. The average molecular weight is 250 g/mol. The molecule has 1 heterocycles. The largest absolute Gasteiger partial charge is 0.480 e. The predicted molar refractivity (Wildman–Crippen MR) is 59.7 cm³/mol. The summed E-state index contributed by atoms with van der Waals surface area (Å²) in [5.74, 6) is -1.06. The summed E-state index contributed by atoms with van der Waals surface area (Å²) in [6.45, 7) is 1.18. The van der Waals surface area contributed by atoms with Gasteiger partial charge in [-0.05, 0) is 19.9 Å². The van der Waals surface area contributed by atoms with Crippen molar-refractivity contribution in [2.75, 3.05) is 33.4 Å². The van der Waals surface area contributed by atoms with Crippen LogP contribution in [0.3, 0.4) is 0 Å². The molecule has 0 radical (unpaired) electrons. The molecule has 1 N–H and O–H groups in total. The molecule has 1 saturated heterocycles. The number of aliphatic carboxylic acids is 1. The maximum atomic E-state index is 11.5. The van der Waals surface area contributed by atoms with Crippen LogP contribution < -0.4 is 0 Å². The Balaban J connectivity index is 3.04. The van der Waals surface area contributed by atoms with Crippen LogP contribution in [0.2, 0.25) is 0 Å². The van der Waals surface area contributed by atoms with Gasteiger partial charge in [-0.15, -0.1) is 0 Å². The van der Waals surface area contributed by atoms with Gasteiger partial charge in [0.25, 0.3) is 0 Å². The lowest BCUT2D eigenvalue weighted by Gasteiger charge is -2.42. The van der Waals surface area contributed by atoms with E-state index in [1.54, 1.807) is 0 Å². The molecule has 1 rings (SSSR count). The number of piperidine rings is 1. The normalized spacial score (nSPS) is 22.2. The van der Waals surface area contributed by atoms with E-state index in [0.29, 0.717) is 25.9 Å². The Bertz CT molecular complexity index is 371. The zero-order valence-electron chi connectivity index (χ0n) is 9.80. The van der Waals surface area contributed by atoms with Crippen molar-refractivity contribution in [2.24, 2.45) is 0 Å². The van der Waals surface area contributed by atoms with E-state index in [0.717, 1.165) is 10.6 Å². The van der Waals surface area contributed by atoms with Crippen molar-refractivity contribution in [3.05, 3.63) is 0 Å². The number of nitrogens with zero attached hydrogens (tertiary/aromatic N) is 2. The van der Waals surface area contributed by atoms with Crippen LogP contribution in [0.5, 0.6) is 0 Å². The highest BCUT2D eigenvalue weighted by Gasteiger charge is 2.47. The maximum Gasteiger partial charge on any atom is 0.325 e. The molecule has 0 aromatic carbocycles. The highest BCUT2D eigenvalue weighted by molar-refractivity contribution is 7.88. The Kier molecular flexibility index (Phi) is 3.61. The van der Waals surface area contributed by atoms with Gasteiger partial charge in [-0.3, -0.25) is 4.79 Å². The summed E-state index contributed by atoms with van der Waals surface area (Å²) in [7, 11) is -0.252. The fourth-order valence-corrected chi connectivity index (χ4v) is 2.86. The first kappa shape index (κ1) is 13.4. The van der Waals surface area contributed by atoms with Crippen molar-refractivity contribution in [3.8, 4) is 0 Å². The van der Waals surface area contributed by atoms with E-state index in [2.05, 4.69) is 0 Å². The number of hydrogen-bond acceptors (Lipinski definition) is 4. The van der Waals surface area contributed by atoms with Crippen LogP contribution in [0, 0.1) is 0 Å². The monoisotopic (exact) mass is 250 g/mol. The number of carbonyl (C=O) groups is 1. The van der Waals surface area contributed by atoms with Crippen molar-refractivity contribution < 1.29 is 18.3 Å². The van der Waals surface area contributed by atoms with E-state index < -0.39 is 21.5 Å². The maximum absolute atomic E-state index is 11.5. The van der Waals surface area contributed by atoms with E-state index in [9.17, 15) is 18.3 Å². The molecule has 0 unspecified atom stereocenters. The van der Waals surface area contributed by atoms with E-state index in [1.807, 2.05) is 11.9 Å². The molecule has 0 spiro atoms. The summed E-state index contributed by atoms with van der Waals surface area (Å²) in [6, 6.07) is 0. The molecule has 16 heavy (non-hydrogen) atoms. The molecule has 6 nitrogen and oxygen atoms in total. The van der Waals surface area contributed by atoms with Gasteiger partial charge in [-0.1, -0.05) is 0 Å². The van der Waals surface area contributed by atoms with Gasteiger partial charge in [-0.25, -0.2) is 8.42 Å². The summed E-state index contributed by atoms with van der Waals surface area (Å²) < 4.78 is 23.9. The lowest BCUT2D eigenvalue weighted by Crippen LogP contribution is -2.59. The molecule has 0 amide bonds. The Morgan fingerprint density at radius 1 is 1.38 bits per heavy atom. The lowest BCUT2D eigenvalue weighted by atomic mass is 9.88. The zero-order valence-corrected chi connectivity index (χ0v) is 10.6. The van der Waals surface area contributed by atoms with E-state index in [4.69, 9.17) is 0 Å². The third-order valence-electron chi connectivity index (χ3n) is 3.31. The smallest absolute Gasteiger partial charge is 0.325 e. The summed E-state index contributed by atoms with van der Waals surface area (Å²) in [5, 5.41) is 9.28. The predicted octanol–water partition coefficient (Wildman–Crippen LogP) is -0.573. The summed E-state index contributed by atoms with van der Waals surface area (Å²) in [6.07, 6.45) is 1.68. The van der Waals surface area contributed by atoms with Crippen LogP contribution in [-0.4, -0.2) is 67.7 Å². The molecule has 94 valence electrons. The molecule has 0 atom stereocenters.